The summed E-state index contributed by atoms with van der Waals surface area (Å²) in [5.74, 6) is -1.02. The number of carboxylic acids is 1. The quantitative estimate of drug-likeness (QED) is 0.822. The lowest BCUT2D eigenvalue weighted by Gasteiger charge is -2.22. The van der Waals surface area contributed by atoms with Crippen LogP contribution >= 0.6 is 0 Å². The largest absolute Gasteiger partial charge is 0.480 e. The van der Waals surface area contributed by atoms with Gasteiger partial charge in [0.15, 0.2) is 0 Å². The summed E-state index contributed by atoms with van der Waals surface area (Å²) in [6.45, 7) is 4.83. The van der Waals surface area contributed by atoms with Gasteiger partial charge in [-0.1, -0.05) is 30.3 Å². The number of nitrogens with one attached hydrogen (secondary N) is 1. The van der Waals surface area contributed by atoms with Crippen molar-refractivity contribution < 1.29 is 14.7 Å². The minimum absolute atomic E-state index is 0.281. The summed E-state index contributed by atoms with van der Waals surface area (Å²) < 4.78 is 0. The van der Waals surface area contributed by atoms with Gasteiger partial charge in [0, 0.05) is 19.5 Å². The topological polar surface area (TPSA) is 69.6 Å². The number of hydrogen-bond donors (Lipinski definition) is 2. The Balaban J connectivity index is 2.69. The molecule has 0 aromatic heterocycles. The highest BCUT2D eigenvalue weighted by molar-refractivity contribution is 5.82. The second-order valence-corrected chi connectivity index (χ2v) is 4.20. The van der Waals surface area contributed by atoms with E-state index in [1.165, 1.54) is 0 Å². The number of nitrogens with zero attached hydrogens (tertiary/aromatic N) is 1. The van der Waals surface area contributed by atoms with E-state index in [-0.39, 0.29) is 12.5 Å². The van der Waals surface area contributed by atoms with E-state index in [0.29, 0.717) is 13.1 Å². The van der Waals surface area contributed by atoms with Crippen molar-refractivity contribution in [2.45, 2.75) is 26.3 Å². The van der Waals surface area contributed by atoms with Gasteiger partial charge in [0.05, 0.1) is 0 Å². The van der Waals surface area contributed by atoms with Crippen molar-refractivity contribution in [1.82, 2.24) is 10.2 Å². The number of carbonyl (C=O) groups is 2. The maximum Gasteiger partial charge on any atom is 0.326 e. The number of carbonyl (C=O) groups excluding carboxylic acids is 1. The molecule has 5 nitrogen and oxygen atoms in total. The minimum atomic E-state index is -1.02. The molecule has 2 amide bonds. The Labute approximate surface area is 113 Å². The van der Waals surface area contributed by atoms with Crippen molar-refractivity contribution in [3.8, 4) is 0 Å². The molecule has 1 atom stereocenters. The molecule has 0 radical (unpaired) electrons. The Bertz CT molecular complexity index is 416. The third-order valence-corrected chi connectivity index (χ3v) is 2.93. The Morgan fingerprint density at radius 1 is 1.21 bits per heavy atom. The van der Waals surface area contributed by atoms with E-state index >= 15 is 0 Å². The molecular formula is C14H20N2O3. The van der Waals surface area contributed by atoms with Crippen LogP contribution in [0.3, 0.4) is 0 Å². The smallest absolute Gasteiger partial charge is 0.326 e. The summed E-state index contributed by atoms with van der Waals surface area (Å²) in [6, 6.07) is 8.01. The average Bonchev–Trinajstić information content (AvgIpc) is 2.40. The standard InChI is InChI=1S/C14H20N2O3/c1-3-16(4-2)14(19)15-12(13(17)18)10-11-8-6-5-7-9-11/h5-9,12H,3-4,10H2,1-2H3,(H,15,19)(H,17,18)/t12-/m1/s1. The van der Waals surface area contributed by atoms with Gasteiger partial charge in [-0.05, 0) is 19.4 Å². The number of hydrogen-bond acceptors (Lipinski definition) is 2. The van der Waals surface area contributed by atoms with Crippen molar-refractivity contribution >= 4 is 12.0 Å². The molecule has 1 aromatic carbocycles. The maximum absolute atomic E-state index is 11.9. The van der Waals surface area contributed by atoms with Crippen molar-refractivity contribution in [2.75, 3.05) is 13.1 Å². The number of carboxylic acid groups (broad SMARTS) is 1. The number of urea groups is 1. The average molecular weight is 264 g/mol. The molecule has 0 fully saturated rings. The molecule has 0 bridgehead atoms. The van der Waals surface area contributed by atoms with Crippen LogP contribution in [0.25, 0.3) is 0 Å². The van der Waals surface area contributed by atoms with Crippen LogP contribution in [0.2, 0.25) is 0 Å². The Hall–Kier alpha value is -2.04. The third kappa shape index (κ3) is 4.62. The van der Waals surface area contributed by atoms with Crippen LogP contribution in [-0.4, -0.2) is 41.1 Å². The first kappa shape index (κ1) is 15.0. The fraction of sp³-hybridized carbons (Fsp3) is 0.429. The van der Waals surface area contributed by atoms with E-state index in [1.807, 2.05) is 44.2 Å². The summed E-state index contributed by atoms with van der Waals surface area (Å²) in [5.41, 5.74) is 0.884. The van der Waals surface area contributed by atoms with Gasteiger partial charge in [-0.25, -0.2) is 9.59 Å². The van der Waals surface area contributed by atoms with Gasteiger partial charge in [-0.3, -0.25) is 0 Å². The molecule has 1 aromatic rings. The molecule has 0 saturated heterocycles. The Kier molecular flexibility index (Phi) is 5.85. The lowest BCUT2D eigenvalue weighted by Crippen LogP contribution is -2.48. The third-order valence-electron chi connectivity index (χ3n) is 2.93. The number of aliphatic carboxylic acids is 1. The molecule has 2 N–H and O–H groups in total. The van der Waals surface area contributed by atoms with Gasteiger partial charge in [0.2, 0.25) is 0 Å². The second-order valence-electron chi connectivity index (χ2n) is 4.20. The van der Waals surface area contributed by atoms with Crippen molar-refractivity contribution in [3.05, 3.63) is 35.9 Å². The normalized spacial score (nSPS) is 11.7. The molecule has 19 heavy (non-hydrogen) atoms. The van der Waals surface area contributed by atoms with Crippen LogP contribution in [0, 0.1) is 0 Å². The van der Waals surface area contributed by atoms with Crippen molar-refractivity contribution in [1.29, 1.82) is 0 Å². The SMILES string of the molecule is CCN(CC)C(=O)N[C@H](Cc1ccccc1)C(=O)O. The molecule has 0 saturated carbocycles. The summed E-state index contributed by atoms with van der Waals surface area (Å²) in [6.07, 6.45) is 0.281. The van der Waals surface area contributed by atoms with Gasteiger partial charge in [-0.15, -0.1) is 0 Å². The van der Waals surface area contributed by atoms with E-state index < -0.39 is 12.0 Å². The molecular weight excluding hydrogens is 244 g/mol. The summed E-state index contributed by atoms with van der Waals surface area (Å²) in [4.78, 5) is 24.6. The highest BCUT2D eigenvalue weighted by Crippen LogP contribution is 2.04. The second kappa shape index (κ2) is 7.41. The van der Waals surface area contributed by atoms with Gasteiger partial charge in [-0.2, -0.15) is 0 Å². The Morgan fingerprint density at radius 3 is 2.26 bits per heavy atom. The highest BCUT2D eigenvalue weighted by atomic mass is 16.4. The van der Waals surface area contributed by atoms with Crippen molar-refractivity contribution in [2.24, 2.45) is 0 Å². The lowest BCUT2D eigenvalue weighted by atomic mass is 10.1. The van der Waals surface area contributed by atoms with Gasteiger partial charge in [0.1, 0.15) is 6.04 Å². The number of benzene rings is 1. The number of amides is 2. The van der Waals surface area contributed by atoms with Gasteiger partial charge in [0.25, 0.3) is 0 Å². The van der Waals surface area contributed by atoms with Gasteiger partial charge >= 0.3 is 12.0 Å². The predicted octanol–water partition coefficient (Wildman–Crippen LogP) is 1.73. The zero-order valence-electron chi connectivity index (χ0n) is 11.3. The molecule has 1 rings (SSSR count). The molecule has 0 unspecified atom stereocenters. The fourth-order valence-corrected chi connectivity index (χ4v) is 1.80. The molecule has 0 aliphatic heterocycles. The van der Waals surface area contributed by atoms with Crippen LogP contribution in [0.1, 0.15) is 19.4 Å². The monoisotopic (exact) mass is 264 g/mol. The van der Waals surface area contributed by atoms with Gasteiger partial charge < -0.3 is 15.3 Å². The first-order valence-electron chi connectivity index (χ1n) is 6.40. The lowest BCUT2D eigenvalue weighted by molar-refractivity contribution is -0.139. The van der Waals surface area contributed by atoms with E-state index in [0.717, 1.165) is 5.56 Å². The molecule has 104 valence electrons. The minimum Gasteiger partial charge on any atom is -0.480 e. The summed E-state index contributed by atoms with van der Waals surface area (Å²) >= 11 is 0. The maximum atomic E-state index is 11.9. The van der Waals surface area contributed by atoms with Crippen molar-refractivity contribution in [3.63, 3.8) is 0 Å². The Morgan fingerprint density at radius 2 is 1.79 bits per heavy atom. The zero-order chi connectivity index (χ0) is 14.3. The van der Waals surface area contributed by atoms with Crippen LogP contribution in [0.15, 0.2) is 30.3 Å². The van der Waals surface area contributed by atoms with E-state index in [1.54, 1.807) is 4.90 Å². The fourth-order valence-electron chi connectivity index (χ4n) is 1.80. The molecule has 0 heterocycles. The van der Waals surface area contributed by atoms with Crippen LogP contribution in [-0.2, 0) is 11.2 Å². The molecule has 5 heteroatoms. The van der Waals surface area contributed by atoms with E-state index in [2.05, 4.69) is 5.32 Å². The highest BCUT2D eigenvalue weighted by Gasteiger charge is 2.22. The molecule has 0 aliphatic carbocycles. The van der Waals surface area contributed by atoms with E-state index in [9.17, 15) is 14.7 Å². The van der Waals surface area contributed by atoms with E-state index in [4.69, 9.17) is 0 Å². The molecule has 0 spiro atoms. The van der Waals surface area contributed by atoms with Crippen LogP contribution in [0.5, 0.6) is 0 Å². The number of rotatable bonds is 6. The molecule has 0 aliphatic rings. The first-order valence-corrected chi connectivity index (χ1v) is 6.40. The summed E-state index contributed by atoms with van der Waals surface area (Å²) in [7, 11) is 0. The first-order chi connectivity index (χ1) is 9.08. The zero-order valence-corrected chi connectivity index (χ0v) is 11.3. The predicted molar refractivity (Wildman–Crippen MR) is 73.0 cm³/mol. The summed E-state index contributed by atoms with van der Waals surface area (Å²) in [5, 5.41) is 11.7. The van der Waals surface area contributed by atoms with Crippen LogP contribution < -0.4 is 5.32 Å². The van der Waals surface area contributed by atoms with Crippen LogP contribution in [0.4, 0.5) is 4.79 Å².